The third-order valence-corrected chi connectivity index (χ3v) is 6.50. The van der Waals surface area contributed by atoms with Gasteiger partial charge in [-0.1, -0.05) is 0 Å². The van der Waals surface area contributed by atoms with Gasteiger partial charge >= 0.3 is 0 Å². The second kappa shape index (κ2) is 8.92. The summed E-state index contributed by atoms with van der Waals surface area (Å²) in [5.41, 5.74) is 3.68. The third kappa shape index (κ3) is 4.04. The second-order valence-corrected chi connectivity index (χ2v) is 8.15. The van der Waals surface area contributed by atoms with Crippen LogP contribution in [0.25, 0.3) is 0 Å². The topological polar surface area (TPSA) is 74.3 Å². The summed E-state index contributed by atoms with van der Waals surface area (Å²) in [6, 6.07) is 9.42. The summed E-state index contributed by atoms with van der Waals surface area (Å²) in [6.07, 6.45) is 7.27. The maximum absolute atomic E-state index is 12.8. The number of carbonyl (C=O) groups excluding carboxylic acids is 2. The summed E-state index contributed by atoms with van der Waals surface area (Å²) < 4.78 is 0. The molecule has 6 nitrogen and oxygen atoms in total. The van der Waals surface area contributed by atoms with Gasteiger partial charge in [-0.15, -0.1) is 24.8 Å². The minimum Gasteiger partial charge on any atom is -0.326 e. The molecule has 1 unspecified atom stereocenters. The molecule has 1 aliphatic carbocycles. The van der Waals surface area contributed by atoms with Crippen LogP contribution in [-0.2, 0) is 11.2 Å². The molecule has 1 saturated carbocycles. The quantitative estimate of drug-likeness (QED) is 0.753. The Kier molecular flexibility index (Phi) is 6.70. The summed E-state index contributed by atoms with van der Waals surface area (Å²) in [5.74, 6) is 0.254. The number of hydrogen-bond donors (Lipinski definition) is 2. The van der Waals surface area contributed by atoms with Crippen molar-refractivity contribution in [3.05, 3.63) is 53.9 Å². The van der Waals surface area contributed by atoms with Crippen molar-refractivity contribution in [2.45, 2.75) is 25.7 Å². The van der Waals surface area contributed by atoms with E-state index in [1.54, 1.807) is 29.4 Å². The van der Waals surface area contributed by atoms with E-state index in [0.717, 1.165) is 55.7 Å². The van der Waals surface area contributed by atoms with Gasteiger partial charge < -0.3 is 15.5 Å². The lowest BCUT2D eigenvalue weighted by Crippen LogP contribution is -2.31. The Labute approximate surface area is 188 Å². The zero-order chi connectivity index (χ0) is 19.1. The molecule has 8 heteroatoms. The molecule has 1 aromatic heterocycles. The molecule has 30 heavy (non-hydrogen) atoms. The number of pyridine rings is 1. The molecular weight excluding hydrogens is 423 g/mol. The van der Waals surface area contributed by atoms with Gasteiger partial charge in [0.1, 0.15) is 0 Å². The van der Waals surface area contributed by atoms with E-state index in [-0.39, 0.29) is 48.0 Å². The lowest BCUT2D eigenvalue weighted by molar-refractivity contribution is -0.118. The fourth-order valence-electron chi connectivity index (χ4n) is 4.76. The number of nitrogens with one attached hydrogen (secondary N) is 2. The van der Waals surface area contributed by atoms with Crippen LogP contribution in [0.15, 0.2) is 42.7 Å². The SMILES string of the molecule is Cl.Cl.O=C(Nc1ccc2c(c1)CCN2C(=O)c1cccnc1)C1CC12CCNCC2. The summed E-state index contributed by atoms with van der Waals surface area (Å²) in [5, 5.41) is 6.48. The number of piperidine rings is 1. The molecule has 2 N–H and O–H groups in total. The Hall–Kier alpha value is -2.15. The van der Waals surface area contributed by atoms with Crippen LogP contribution in [0.3, 0.4) is 0 Å². The van der Waals surface area contributed by atoms with E-state index >= 15 is 0 Å². The second-order valence-electron chi connectivity index (χ2n) is 8.15. The van der Waals surface area contributed by atoms with E-state index in [0.29, 0.717) is 12.1 Å². The minimum absolute atomic E-state index is 0. The summed E-state index contributed by atoms with van der Waals surface area (Å²) in [4.78, 5) is 31.3. The average Bonchev–Trinajstić information content (AvgIpc) is 3.25. The molecule has 1 spiro atoms. The molecule has 1 saturated heterocycles. The van der Waals surface area contributed by atoms with Crippen LogP contribution in [0.2, 0.25) is 0 Å². The van der Waals surface area contributed by atoms with Gasteiger partial charge in [0.05, 0.1) is 5.56 Å². The maximum atomic E-state index is 12.8. The molecule has 1 aromatic carbocycles. The summed E-state index contributed by atoms with van der Waals surface area (Å²) >= 11 is 0. The fourth-order valence-corrected chi connectivity index (χ4v) is 4.76. The molecule has 2 amide bonds. The van der Waals surface area contributed by atoms with Crippen molar-refractivity contribution < 1.29 is 9.59 Å². The smallest absolute Gasteiger partial charge is 0.259 e. The lowest BCUT2D eigenvalue weighted by atomic mass is 9.92. The number of carbonyl (C=O) groups is 2. The molecule has 5 rings (SSSR count). The largest absolute Gasteiger partial charge is 0.326 e. The van der Waals surface area contributed by atoms with Crippen molar-refractivity contribution in [3.8, 4) is 0 Å². The van der Waals surface area contributed by atoms with Gasteiger partial charge in [-0.05, 0) is 80.1 Å². The summed E-state index contributed by atoms with van der Waals surface area (Å²) in [6.45, 7) is 2.69. The number of fused-ring (bicyclic) bond motifs is 1. The first-order chi connectivity index (χ1) is 13.7. The van der Waals surface area contributed by atoms with Crippen molar-refractivity contribution >= 4 is 48.0 Å². The first kappa shape index (κ1) is 22.5. The highest BCUT2D eigenvalue weighted by molar-refractivity contribution is 6.07. The number of aromatic nitrogens is 1. The van der Waals surface area contributed by atoms with E-state index in [4.69, 9.17) is 0 Å². The molecule has 3 heterocycles. The van der Waals surface area contributed by atoms with Crippen molar-refractivity contribution in [2.24, 2.45) is 11.3 Å². The first-order valence-electron chi connectivity index (χ1n) is 10.0. The van der Waals surface area contributed by atoms with Crippen molar-refractivity contribution in [1.82, 2.24) is 10.3 Å². The van der Waals surface area contributed by atoms with Crippen LogP contribution in [-0.4, -0.2) is 36.4 Å². The van der Waals surface area contributed by atoms with Crippen LogP contribution in [0, 0.1) is 11.3 Å². The average molecular weight is 449 g/mol. The Morgan fingerprint density at radius 2 is 1.97 bits per heavy atom. The first-order valence-corrected chi connectivity index (χ1v) is 10.0. The standard InChI is InChI=1S/C22H24N4O2.2ClH/c27-20(18-13-22(18)6-9-23-10-7-22)25-17-3-4-19-15(12-17)5-11-26(19)21(28)16-2-1-8-24-14-16;;/h1-4,8,12,14,18,23H,5-7,9-11,13H2,(H,25,27);2*1H. The van der Waals surface area contributed by atoms with Gasteiger partial charge in [-0.2, -0.15) is 0 Å². The highest BCUT2D eigenvalue weighted by Crippen LogP contribution is 2.58. The Morgan fingerprint density at radius 3 is 2.70 bits per heavy atom. The Bertz CT molecular complexity index is 932. The molecular formula is C22H26Cl2N4O2. The molecule has 2 aromatic rings. The molecule has 2 aliphatic heterocycles. The van der Waals surface area contributed by atoms with Crippen molar-refractivity contribution in [2.75, 3.05) is 29.9 Å². The monoisotopic (exact) mass is 448 g/mol. The van der Waals surface area contributed by atoms with Crippen LogP contribution in [0.5, 0.6) is 0 Å². The van der Waals surface area contributed by atoms with E-state index in [1.165, 1.54) is 0 Å². The molecule has 0 bridgehead atoms. The van der Waals surface area contributed by atoms with Crippen molar-refractivity contribution in [3.63, 3.8) is 0 Å². The third-order valence-electron chi connectivity index (χ3n) is 6.50. The predicted octanol–water partition coefficient (Wildman–Crippen LogP) is 3.46. The number of hydrogen-bond acceptors (Lipinski definition) is 4. The molecule has 2 fully saturated rings. The Balaban J connectivity index is 0.00000128. The molecule has 0 radical (unpaired) electrons. The number of rotatable bonds is 3. The minimum atomic E-state index is -0.0329. The van der Waals surface area contributed by atoms with E-state index in [1.807, 2.05) is 18.2 Å². The van der Waals surface area contributed by atoms with Crippen LogP contribution >= 0.6 is 24.8 Å². The van der Waals surface area contributed by atoms with E-state index in [9.17, 15) is 9.59 Å². The number of amides is 2. The zero-order valence-corrected chi connectivity index (χ0v) is 18.2. The summed E-state index contributed by atoms with van der Waals surface area (Å²) in [7, 11) is 0. The van der Waals surface area contributed by atoms with Crippen LogP contribution in [0.1, 0.15) is 35.2 Å². The highest BCUT2D eigenvalue weighted by Gasteiger charge is 2.57. The lowest BCUT2D eigenvalue weighted by Gasteiger charge is -2.23. The Morgan fingerprint density at radius 1 is 1.17 bits per heavy atom. The molecule has 1 atom stereocenters. The predicted molar refractivity (Wildman–Crippen MR) is 122 cm³/mol. The van der Waals surface area contributed by atoms with Gasteiger partial charge in [0.25, 0.3) is 5.91 Å². The zero-order valence-electron chi connectivity index (χ0n) is 16.6. The van der Waals surface area contributed by atoms with Gasteiger partial charge in [0, 0.05) is 36.2 Å². The van der Waals surface area contributed by atoms with E-state index < -0.39 is 0 Å². The van der Waals surface area contributed by atoms with E-state index in [2.05, 4.69) is 15.6 Å². The number of nitrogens with zero attached hydrogens (tertiary/aromatic N) is 2. The normalized spacial score (nSPS) is 20.5. The number of anilines is 2. The maximum Gasteiger partial charge on any atom is 0.259 e. The molecule has 3 aliphatic rings. The van der Waals surface area contributed by atoms with Gasteiger partial charge in [0.15, 0.2) is 0 Å². The number of benzene rings is 1. The van der Waals surface area contributed by atoms with Gasteiger partial charge in [-0.25, -0.2) is 0 Å². The van der Waals surface area contributed by atoms with Gasteiger partial charge in [0.2, 0.25) is 5.91 Å². The van der Waals surface area contributed by atoms with Crippen LogP contribution < -0.4 is 15.5 Å². The van der Waals surface area contributed by atoms with Crippen molar-refractivity contribution in [1.29, 1.82) is 0 Å². The molecule has 160 valence electrons. The van der Waals surface area contributed by atoms with Gasteiger partial charge in [-0.3, -0.25) is 14.6 Å². The highest BCUT2D eigenvalue weighted by atomic mass is 35.5. The fraction of sp³-hybridized carbons (Fsp3) is 0.409. The number of halogens is 2. The van der Waals surface area contributed by atoms with Crippen LogP contribution in [0.4, 0.5) is 11.4 Å².